The molecule has 1 amide bonds. The Morgan fingerprint density at radius 1 is 0.921 bits per heavy atom. The summed E-state index contributed by atoms with van der Waals surface area (Å²) in [6.45, 7) is 6.21. The average molecular weight is 567 g/mol. The summed E-state index contributed by atoms with van der Waals surface area (Å²) >= 11 is 8.31. The van der Waals surface area contributed by atoms with Crippen LogP contribution in [0.5, 0.6) is 0 Å². The molecule has 1 heterocycles. The number of nitrogens with zero attached hydrogens (tertiary/aromatic N) is 1. The summed E-state index contributed by atoms with van der Waals surface area (Å²) in [6.07, 6.45) is 0.326. The van der Waals surface area contributed by atoms with Gasteiger partial charge in [0.15, 0.2) is 0 Å². The molecule has 4 aromatic rings. The van der Waals surface area contributed by atoms with Crippen molar-refractivity contribution in [1.29, 1.82) is 0 Å². The van der Waals surface area contributed by atoms with E-state index in [0.29, 0.717) is 35.7 Å². The first kappa shape index (κ1) is 28.0. The third-order valence-corrected chi connectivity index (χ3v) is 8.86. The van der Waals surface area contributed by atoms with E-state index in [1.54, 1.807) is 62.4 Å². The van der Waals surface area contributed by atoms with Gasteiger partial charge >= 0.3 is 0 Å². The molecule has 0 aliphatic carbocycles. The Hall–Kier alpha value is -2.97. The molecule has 0 bridgehead atoms. The summed E-state index contributed by atoms with van der Waals surface area (Å²) < 4.78 is 29.0. The highest BCUT2D eigenvalue weighted by Crippen LogP contribution is 2.32. The largest absolute Gasteiger partial charge is 0.334 e. The first-order valence-electron chi connectivity index (χ1n) is 12.3. The maximum absolute atomic E-state index is 13.3. The number of benzene rings is 3. The fourth-order valence-electron chi connectivity index (χ4n) is 4.16. The summed E-state index contributed by atoms with van der Waals surface area (Å²) in [5.74, 6) is 0.0149. The first-order chi connectivity index (χ1) is 18.0. The van der Waals surface area contributed by atoms with Crippen LogP contribution in [0.1, 0.15) is 36.8 Å². The highest BCUT2D eigenvalue weighted by atomic mass is 35.5. The Morgan fingerprint density at radius 2 is 1.63 bits per heavy atom. The van der Waals surface area contributed by atoms with Crippen molar-refractivity contribution in [2.24, 2.45) is 0 Å². The molecule has 0 saturated carbocycles. The van der Waals surface area contributed by atoms with Gasteiger partial charge in [-0.3, -0.25) is 4.79 Å². The Morgan fingerprint density at radius 3 is 2.29 bits per heavy atom. The van der Waals surface area contributed by atoms with Crippen molar-refractivity contribution in [2.45, 2.75) is 50.7 Å². The van der Waals surface area contributed by atoms with E-state index in [1.807, 2.05) is 64.9 Å². The molecule has 38 heavy (non-hydrogen) atoms. The topological polar surface area (TPSA) is 66.5 Å². The molecule has 0 aliphatic rings. The molecular weight excluding hydrogens is 536 g/mol. The van der Waals surface area contributed by atoms with Gasteiger partial charge in [-0.05, 0) is 61.0 Å². The van der Waals surface area contributed by atoms with Crippen LogP contribution >= 0.6 is 22.9 Å². The number of hydrogen-bond acceptors (Lipinski definition) is 4. The van der Waals surface area contributed by atoms with Gasteiger partial charge in [0.1, 0.15) is 0 Å². The van der Waals surface area contributed by atoms with Gasteiger partial charge in [0.25, 0.3) is 0 Å². The number of rotatable bonds is 9. The Labute approximate surface area is 234 Å². The third-order valence-electron chi connectivity index (χ3n) is 5.82. The third kappa shape index (κ3) is 7.32. The molecule has 3 aromatic carbocycles. The second kappa shape index (κ2) is 11.8. The van der Waals surface area contributed by atoms with E-state index in [-0.39, 0.29) is 10.8 Å². The Bertz CT molecular complexity index is 1500. The van der Waals surface area contributed by atoms with Gasteiger partial charge in [0, 0.05) is 34.1 Å². The van der Waals surface area contributed by atoms with Crippen molar-refractivity contribution in [1.82, 2.24) is 9.62 Å². The predicted molar refractivity (Wildman–Crippen MR) is 156 cm³/mol. The van der Waals surface area contributed by atoms with Crippen LogP contribution in [0, 0.1) is 0 Å². The molecule has 5 nitrogen and oxygen atoms in total. The van der Waals surface area contributed by atoms with Crippen LogP contribution in [-0.2, 0) is 34.3 Å². The van der Waals surface area contributed by atoms with E-state index in [0.717, 1.165) is 16.0 Å². The normalized spacial score (nSPS) is 11.9. The van der Waals surface area contributed by atoms with Gasteiger partial charge < -0.3 is 4.90 Å². The lowest BCUT2D eigenvalue weighted by Crippen LogP contribution is -2.40. The minimum absolute atomic E-state index is 0.0149. The molecule has 0 saturated heterocycles. The highest BCUT2D eigenvalue weighted by molar-refractivity contribution is 7.89. The van der Waals surface area contributed by atoms with Gasteiger partial charge in [0.2, 0.25) is 15.9 Å². The lowest BCUT2D eigenvalue weighted by Gasteiger charge is -2.24. The SMILES string of the molecule is CC(C)(C)NS(=O)(=O)c1ccccc1-c1ccc(CN(Cc2ccccc2)C(=O)Cc2cccs2)c(Cl)c1. The number of halogens is 1. The maximum atomic E-state index is 13.3. The standard InChI is InChI=1S/C30H31ClN2O3S2/c1-30(2,3)32-38(35,36)28-14-8-7-13-26(28)23-15-16-24(27(31)18-23)21-33(20-22-10-5-4-6-11-22)29(34)19-25-12-9-17-37-25/h4-18,32H,19-21H2,1-3H3. The van der Waals surface area contributed by atoms with E-state index < -0.39 is 15.6 Å². The minimum atomic E-state index is -3.75. The minimum Gasteiger partial charge on any atom is -0.334 e. The molecule has 0 fully saturated rings. The summed E-state index contributed by atoms with van der Waals surface area (Å²) in [7, 11) is -3.75. The number of carbonyl (C=O) groups is 1. The van der Waals surface area contributed by atoms with Crippen LogP contribution in [0.25, 0.3) is 11.1 Å². The maximum Gasteiger partial charge on any atom is 0.241 e. The van der Waals surface area contributed by atoms with E-state index in [2.05, 4.69) is 4.72 Å². The predicted octanol–water partition coefficient (Wildman–Crippen LogP) is 6.92. The van der Waals surface area contributed by atoms with Crippen molar-refractivity contribution < 1.29 is 13.2 Å². The first-order valence-corrected chi connectivity index (χ1v) is 15.0. The van der Waals surface area contributed by atoms with Crippen molar-refractivity contribution in [2.75, 3.05) is 0 Å². The van der Waals surface area contributed by atoms with Crippen LogP contribution in [0.4, 0.5) is 0 Å². The number of nitrogens with one attached hydrogen (secondary N) is 1. The van der Waals surface area contributed by atoms with E-state index in [1.165, 1.54) is 0 Å². The summed E-state index contributed by atoms with van der Waals surface area (Å²) in [5.41, 5.74) is 2.45. The molecule has 0 atom stereocenters. The van der Waals surface area contributed by atoms with Crippen molar-refractivity contribution >= 4 is 38.9 Å². The molecule has 198 valence electrons. The number of carbonyl (C=O) groups excluding carboxylic acids is 1. The van der Waals surface area contributed by atoms with Gasteiger partial charge in [-0.25, -0.2) is 13.1 Å². The second-order valence-electron chi connectivity index (χ2n) is 10.1. The quantitative estimate of drug-likeness (QED) is 0.239. The van der Waals surface area contributed by atoms with Crippen molar-refractivity contribution in [3.05, 3.63) is 111 Å². The lowest BCUT2D eigenvalue weighted by atomic mass is 10.0. The Balaban J connectivity index is 1.62. The molecule has 0 unspecified atom stereocenters. The molecule has 0 radical (unpaired) electrons. The monoisotopic (exact) mass is 566 g/mol. The van der Waals surface area contributed by atoms with Gasteiger partial charge in [-0.1, -0.05) is 78.3 Å². The summed E-state index contributed by atoms with van der Waals surface area (Å²) in [5, 5.41) is 2.44. The summed E-state index contributed by atoms with van der Waals surface area (Å²) in [4.78, 5) is 16.3. The smallest absolute Gasteiger partial charge is 0.241 e. The van der Waals surface area contributed by atoms with Crippen LogP contribution in [0.2, 0.25) is 5.02 Å². The van der Waals surface area contributed by atoms with Crippen LogP contribution in [0.3, 0.4) is 0 Å². The number of amides is 1. The number of thiophene rings is 1. The molecule has 0 aliphatic heterocycles. The fraction of sp³-hybridized carbons (Fsp3) is 0.233. The average Bonchev–Trinajstić information content (AvgIpc) is 3.37. The van der Waals surface area contributed by atoms with Crippen molar-refractivity contribution in [3.63, 3.8) is 0 Å². The van der Waals surface area contributed by atoms with E-state index >= 15 is 0 Å². The zero-order valence-electron chi connectivity index (χ0n) is 21.6. The van der Waals surface area contributed by atoms with Gasteiger partial charge in [-0.15, -0.1) is 11.3 Å². The highest BCUT2D eigenvalue weighted by Gasteiger charge is 2.25. The molecule has 1 N–H and O–H groups in total. The van der Waals surface area contributed by atoms with E-state index in [9.17, 15) is 13.2 Å². The van der Waals surface area contributed by atoms with Crippen LogP contribution in [-0.4, -0.2) is 24.8 Å². The molecular formula is C30H31ClN2O3S2. The summed E-state index contributed by atoms with van der Waals surface area (Å²) in [6, 6.07) is 26.1. The second-order valence-corrected chi connectivity index (χ2v) is 13.2. The molecule has 8 heteroatoms. The van der Waals surface area contributed by atoms with Gasteiger partial charge in [-0.2, -0.15) is 0 Å². The molecule has 0 spiro atoms. The van der Waals surface area contributed by atoms with Crippen LogP contribution < -0.4 is 4.72 Å². The van der Waals surface area contributed by atoms with Crippen molar-refractivity contribution in [3.8, 4) is 11.1 Å². The number of sulfonamides is 1. The van der Waals surface area contributed by atoms with Gasteiger partial charge in [0.05, 0.1) is 11.3 Å². The van der Waals surface area contributed by atoms with E-state index in [4.69, 9.17) is 11.6 Å². The zero-order valence-corrected chi connectivity index (χ0v) is 24.0. The molecule has 1 aromatic heterocycles. The number of hydrogen-bond donors (Lipinski definition) is 1. The van der Waals surface area contributed by atoms with Crippen LogP contribution in [0.15, 0.2) is 95.2 Å². The fourth-order valence-corrected chi connectivity index (χ4v) is 6.74. The molecule has 4 rings (SSSR count). The Kier molecular flexibility index (Phi) is 8.73. The zero-order chi connectivity index (χ0) is 27.3. The lowest BCUT2D eigenvalue weighted by molar-refractivity contribution is -0.131.